The Labute approximate surface area is 165 Å². The maximum Gasteiger partial charge on any atom is 0.113 e. The zero-order valence-corrected chi connectivity index (χ0v) is 16.2. The Bertz CT molecular complexity index is 1000. The Morgan fingerprint density at radius 3 is 2.79 bits per heavy atom. The zero-order chi connectivity index (χ0) is 18.9. The zero-order valence-electron chi connectivity index (χ0n) is 16.2. The molecule has 1 saturated heterocycles. The quantitative estimate of drug-likeness (QED) is 0.743. The van der Waals surface area contributed by atoms with Crippen molar-refractivity contribution in [3.05, 3.63) is 83.5 Å². The lowest BCUT2D eigenvalue weighted by Gasteiger charge is -2.30. The fourth-order valence-electron chi connectivity index (χ4n) is 4.45. The molecule has 0 saturated carbocycles. The summed E-state index contributed by atoms with van der Waals surface area (Å²) >= 11 is 0. The number of nitrogens with zero attached hydrogens (tertiary/aromatic N) is 4. The lowest BCUT2D eigenvalue weighted by atomic mass is 9.93. The van der Waals surface area contributed by atoms with E-state index >= 15 is 0 Å². The van der Waals surface area contributed by atoms with E-state index in [0.29, 0.717) is 6.04 Å². The van der Waals surface area contributed by atoms with Crippen LogP contribution in [-0.2, 0) is 6.42 Å². The molecule has 0 amide bonds. The van der Waals surface area contributed by atoms with Crippen LogP contribution in [0.15, 0.2) is 55.1 Å². The number of hydrogen-bond acceptors (Lipinski definition) is 4. The van der Waals surface area contributed by atoms with Crippen molar-refractivity contribution in [1.82, 2.24) is 24.8 Å². The van der Waals surface area contributed by atoms with Gasteiger partial charge in [0, 0.05) is 36.8 Å². The number of piperidine rings is 1. The number of rotatable bonds is 3. The molecule has 3 aromatic rings. The number of pyridine rings is 2. The molecular weight excluding hydrogens is 346 g/mol. The molecule has 5 rings (SSSR count). The normalized spacial score (nSPS) is 21.8. The average molecular weight is 371 g/mol. The Morgan fingerprint density at radius 1 is 1.07 bits per heavy atom. The molecule has 3 aromatic heterocycles. The Hall–Kier alpha value is -2.79. The summed E-state index contributed by atoms with van der Waals surface area (Å²) in [7, 11) is 0. The maximum atomic E-state index is 5.02. The highest BCUT2D eigenvalue weighted by Crippen LogP contribution is 2.34. The predicted molar refractivity (Wildman–Crippen MR) is 110 cm³/mol. The SMILES string of the molecule is Cc1cccnc1C1CCCC(c2cn3c(n2)CCC=C3c2ccncc2)N1. The van der Waals surface area contributed by atoms with Gasteiger partial charge in [0.2, 0.25) is 0 Å². The van der Waals surface area contributed by atoms with Crippen LogP contribution in [0.1, 0.15) is 66.1 Å². The standard InChI is InChI=1S/C23H25N5/c1-16-5-4-12-25-23(16)19-7-2-6-18(26-19)20-15-28-21(8-3-9-22(28)27-20)17-10-13-24-14-11-17/h4-5,8,10-15,18-19,26H,2-3,6-7,9H2,1H3. The van der Waals surface area contributed by atoms with E-state index in [0.717, 1.165) is 37.2 Å². The second kappa shape index (κ2) is 7.32. The van der Waals surface area contributed by atoms with Crippen LogP contribution in [0.5, 0.6) is 0 Å². The second-order valence-electron chi connectivity index (χ2n) is 7.72. The molecule has 1 N–H and O–H groups in total. The summed E-state index contributed by atoms with van der Waals surface area (Å²) in [6.45, 7) is 2.15. The number of fused-ring (bicyclic) bond motifs is 1. The minimum Gasteiger partial charge on any atom is -0.303 e. The Kier molecular flexibility index (Phi) is 4.53. The van der Waals surface area contributed by atoms with Crippen molar-refractivity contribution < 1.29 is 0 Å². The molecule has 2 atom stereocenters. The van der Waals surface area contributed by atoms with Crippen LogP contribution in [0.4, 0.5) is 0 Å². The molecule has 0 aliphatic carbocycles. The third-order valence-corrected chi connectivity index (χ3v) is 5.86. The number of aromatic nitrogens is 4. The average Bonchev–Trinajstić information content (AvgIpc) is 3.19. The van der Waals surface area contributed by atoms with Crippen LogP contribution in [-0.4, -0.2) is 19.5 Å². The summed E-state index contributed by atoms with van der Waals surface area (Å²) in [5, 5.41) is 3.82. The van der Waals surface area contributed by atoms with Crippen LogP contribution in [0.2, 0.25) is 0 Å². The maximum absolute atomic E-state index is 5.02. The van der Waals surface area contributed by atoms with E-state index in [2.05, 4.69) is 57.2 Å². The smallest absolute Gasteiger partial charge is 0.113 e. The van der Waals surface area contributed by atoms with Crippen LogP contribution < -0.4 is 5.32 Å². The molecule has 28 heavy (non-hydrogen) atoms. The molecule has 0 bridgehead atoms. The highest BCUT2D eigenvalue weighted by atomic mass is 15.1. The van der Waals surface area contributed by atoms with E-state index in [9.17, 15) is 0 Å². The largest absolute Gasteiger partial charge is 0.303 e. The molecule has 5 heterocycles. The van der Waals surface area contributed by atoms with Crippen molar-refractivity contribution in [1.29, 1.82) is 0 Å². The van der Waals surface area contributed by atoms with Gasteiger partial charge in [0.05, 0.1) is 29.2 Å². The van der Waals surface area contributed by atoms with Gasteiger partial charge in [-0.25, -0.2) is 4.98 Å². The van der Waals surface area contributed by atoms with E-state index in [-0.39, 0.29) is 6.04 Å². The van der Waals surface area contributed by atoms with Crippen molar-refractivity contribution in [2.75, 3.05) is 0 Å². The number of nitrogens with one attached hydrogen (secondary N) is 1. The molecule has 0 spiro atoms. The third-order valence-electron chi connectivity index (χ3n) is 5.86. The summed E-state index contributed by atoms with van der Waals surface area (Å²) < 4.78 is 2.27. The van der Waals surface area contributed by atoms with Crippen LogP contribution in [0.3, 0.4) is 0 Å². The minimum atomic E-state index is 0.275. The number of aryl methyl sites for hydroxylation is 2. The third kappa shape index (κ3) is 3.16. The first-order valence-corrected chi connectivity index (χ1v) is 10.2. The summed E-state index contributed by atoms with van der Waals surface area (Å²) in [6.07, 6.45) is 15.6. The molecule has 2 aliphatic heterocycles. The van der Waals surface area contributed by atoms with E-state index in [1.54, 1.807) is 0 Å². The van der Waals surface area contributed by atoms with Crippen LogP contribution in [0, 0.1) is 6.92 Å². The number of allylic oxidation sites excluding steroid dienone is 1. The summed E-state index contributed by atoms with van der Waals surface area (Å²) in [5.41, 5.74) is 5.99. The molecule has 142 valence electrons. The monoisotopic (exact) mass is 371 g/mol. The van der Waals surface area contributed by atoms with Gasteiger partial charge in [-0.1, -0.05) is 12.1 Å². The topological polar surface area (TPSA) is 55.6 Å². The van der Waals surface area contributed by atoms with Gasteiger partial charge in [0.25, 0.3) is 0 Å². The van der Waals surface area contributed by atoms with Crippen molar-refractivity contribution in [2.45, 2.75) is 51.1 Å². The first kappa shape index (κ1) is 17.3. The van der Waals surface area contributed by atoms with Crippen molar-refractivity contribution in [3.63, 3.8) is 0 Å². The van der Waals surface area contributed by atoms with E-state index < -0.39 is 0 Å². The van der Waals surface area contributed by atoms with Gasteiger partial charge >= 0.3 is 0 Å². The first-order chi connectivity index (χ1) is 13.8. The lowest BCUT2D eigenvalue weighted by Crippen LogP contribution is -2.32. The second-order valence-corrected chi connectivity index (χ2v) is 7.72. The minimum absolute atomic E-state index is 0.275. The molecule has 2 aliphatic rings. The van der Waals surface area contributed by atoms with Crippen molar-refractivity contribution in [2.24, 2.45) is 0 Å². The van der Waals surface area contributed by atoms with Gasteiger partial charge in [0.1, 0.15) is 5.82 Å². The van der Waals surface area contributed by atoms with E-state index in [4.69, 9.17) is 4.98 Å². The van der Waals surface area contributed by atoms with Gasteiger partial charge in [-0.2, -0.15) is 0 Å². The molecular formula is C23H25N5. The lowest BCUT2D eigenvalue weighted by molar-refractivity contribution is 0.320. The van der Waals surface area contributed by atoms with Crippen LogP contribution in [0.25, 0.3) is 5.70 Å². The van der Waals surface area contributed by atoms with E-state index in [1.165, 1.54) is 28.9 Å². The van der Waals surface area contributed by atoms with Gasteiger partial charge < -0.3 is 9.88 Å². The van der Waals surface area contributed by atoms with Crippen molar-refractivity contribution in [3.8, 4) is 0 Å². The summed E-state index contributed by atoms with van der Waals surface area (Å²) in [6, 6.07) is 8.87. The van der Waals surface area contributed by atoms with Gasteiger partial charge in [0.15, 0.2) is 0 Å². The molecule has 5 nitrogen and oxygen atoms in total. The number of hydrogen-bond donors (Lipinski definition) is 1. The molecule has 1 fully saturated rings. The molecule has 0 aromatic carbocycles. The van der Waals surface area contributed by atoms with Gasteiger partial charge in [-0.05, 0) is 56.4 Å². The van der Waals surface area contributed by atoms with E-state index in [1.807, 2.05) is 24.7 Å². The Balaban J connectivity index is 1.43. The first-order valence-electron chi connectivity index (χ1n) is 10.2. The van der Waals surface area contributed by atoms with Crippen molar-refractivity contribution >= 4 is 5.70 Å². The highest BCUT2D eigenvalue weighted by Gasteiger charge is 2.28. The molecule has 5 heteroatoms. The fraction of sp³-hybridized carbons (Fsp3) is 0.348. The van der Waals surface area contributed by atoms with Crippen LogP contribution >= 0.6 is 0 Å². The summed E-state index contributed by atoms with van der Waals surface area (Å²) in [5.74, 6) is 1.15. The predicted octanol–water partition coefficient (Wildman–Crippen LogP) is 4.37. The highest BCUT2D eigenvalue weighted by molar-refractivity contribution is 5.67. The molecule has 2 unspecified atom stereocenters. The summed E-state index contributed by atoms with van der Waals surface area (Å²) in [4.78, 5) is 13.8. The fourth-order valence-corrected chi connectivity index (χ4v) is 4.45. The number of imidazole rings is 1. The van der Waals surface area contributed by atoms with Gasteiger partial charge in [-0.3, -0.25) is 9.97 Å². The molecule has 0 radical (unpaired) electrons. The Morgan fingerprint density at radius 2 is 1.93 bits per heavy atom. The van der Waals surface area contributed by atoms with Gasteiger partial charge in [-0.15, -0.1) is 0 Å².